The molecule has 13 heteroatoms. The van der Waals surface area contributed by atoms with Gasteiger partial charge in [0.1, 0.15) is 17.2 Å². The number of pyridine rings is 2. The Labute approximate surface area is 207 Å². The molecular weight excluding hydrogens is 526 g/mol. The maximum absolute atomic E-state index is 12.9. The Morgan fingerprint density at radius 3 is 2.22 bits per heavy atom. The van der Waals surface area contributed by atoms with Gasteiger partial charge in [-0.25, -0.2) is 18.4 Å². The van der Waals surface area contributed by atoms with E-state index in [4.69, 9.17) is 4.74 Å². The maximum atomic E-state index is 12.9. The number of sulfone groups is 1. The highest BCUT2D eigenvalue weighted by Crippen LogP contribution is 2.39. The van der Waals surface area contributed by atoms with Crippen LogP contribution >= 0.6 is 0 Å². The number of halogens is 6. The fourth-order valence-electron chi connectivity index (χ4n) is 3.77. The van der Waals surface area contributed by atoms with Gasteiger partial charge in [0.05, 0.1) is 21.9 Å². The number of aromatic nitrogens is 2. The van der Waals surface area contributed by atoms with Crippen LogP contribution in [0.3, 0.4) is 0 Å². The van der Waals surface area contributed by atoms with Crippen LogP contribution in [-0.4, -0.2) is 29.4 Å². The Morgan fingerprint density at radius 1 is 0.919 bits per heavy atom. The summed E-state index contributed by atoms with van der Waals surface area (Å²) in [7, 11) is -4.02. The molecule has 0 unspecified atom stereocenters. The van der Waals surface area contributed by atoms with Gasteiger partial charge in [-0.3, -0.25) is 4.79 Å². The molecule has 1 fully saturated rings. The van der Waals surface area contributed by atoms with Crippen molar-refractivity contribution >= 4 is 15.6 Å². The molecule has 2 aromatic heterocycles. The van der Waals surface area contributed by atoms with Gasteiger partial charge < -0.3 is 4.74 Å². The largest absolute Gasteiger partial charge is 0.437 e. The van der Waals surface area contributed by atoms with E-state index < -0.39 is 49.5 Å². The van der Waals surface area contributed by atoms with Gasteiger partial charge >= 0.3 is 12.4 Å². The molecule has 0 bridgehead atoms. The lowest BCUT2D eigenvalue weighted by Crippen LogP contribution is -2.40. The van der Waals surface area contributed by atoms with Crippen molar-refractivity contribution in [1.82, 2.24) is 9.97 Å². The van der Waals surface area contributed by atoms with Gasteiger partial charge in [0.25, 0.3) is 0 Å². The Morgan fingerprint density at radius 2 is 1.65 bits per heavy atom. The van der Waals surface area contributed by atoms with Crippen molar-refractivity contribution in [1.29, 1.82) is 0 Å². The Hall–Kier alpha value is -3.48. The number of ether oxygens (including phenoxy) is 1. The summed E-state index contributed by atoms with van der Waals surface area (Å²) in [6.45, 7) is 0. The summed E-state index contributed by atoms with van der Waals surface area (Å²) in [4.78, 5) is 19.4. The lowest BCUT2D eigenvalue weighted by molar-refractivity contribution is -0.141. The Kier molecular flexibility index (Phi) is 7.01. The number of alkyl halides is 6. The first-order chi connectivity index (χ1) is 17.2. The standard InChI is InChI=1S/C24H18F6N2O4S/c25-23(26,27)16-2-1-3-18(11-16)37(34,35)19-9-15(10-19)20(33)8-14-4-7-22(32-12-14)36-17-5-6-21(31-13-17)24(28,29)30/h1-7,11-13,15,19H,8-10H2. The molecule has 6 nitrogen and oxygen atoms in total. The number of hydrogen-bond acceptors (Lipinski definition) is 6. The number of hydrogen-bond donors (Lipinski definition) is 0. The zero-order valence-electron chi connectivity index (χ0n) is 18.8. The van der Waals surface area contributed by atoms with E-state index in [-0.39, 0.29) is 36.7 Å². The van der Waals surface area contributed by atoms with Gasteiger partial charge in [0.15, 0.2) is 9.84 Å². The molecule has 0 spiro atoms. The average Bonchev–Trinajstić information content (AvgIpc) is 2.78. The minimum atomic E-state index is -4.67. The molecule has 0 radical (unpaired) electrons. The summed E-state index contributed by atoms with van der Waals surface area (Å²) in [5.41, 5.74) is -1.62. The third kappa shape index (κ3) is 6.09. The number of carbonyl (C=O) groups is 1. The second kappa shape index (κ2) is 9.77. The van der Waals surface area contributed by atoms with Crippen LogP contribution in [0.1, 0.15) is 29.7 Å². The monoisotopic (exact) mass is 544 g/mol. The number of nitrogens with zero attached hydrogens (tertiary/aromatic N) is 2. The first kappa shape index (κ1) is 26.6. The zero-order chi connectivity index (χ0) is 27.0. The molecule has 2 heterocycles. The number of ketones is 1. The van der Waals surface area contributed by atoms with Crippen LogP contribution in [0.15, 0.2) is 65.8 Å². The fraction of sp³-hybridized carbons (Fsp3) is 0.292. The zero-order valence-corrected chi connectivity index (χ0v) is 19.6. The first-order valence-electron chi connectivity index (χ1n) is 10.8. The summed E-state index contributed by atoms with van der Waals surface area (Å²) in [6.07, 6.45) is -7.03. The lowest BCUT2D eigenvalue weighted by atomic mass is 9.80. The highest BCUT2D eigenvalue weighted by Gasteiger charge is 2.43. The summed E-state index contributed by atoms with van der Waals surface area (Å²) in [5, 5.41) is -0.948. The second-order valence-electron chi connectivity index (χ2n) is 8.49. The maximum Gasteiger partial charge on any atom is 0.433 e. The van der Waals surface area contributed by atoms with Gasteiger partial charge in [0.2, 0.25) is 5.88 Å². The molecule has 4 rings (SSSR count). The van der Waals surface area contributed by atoms with Crippen molar-refractivity contribution in [3.63, 3.8) is 0 Å². The third-order valence-corrected chi connectivity index (χ3v) is 8.08. The first-order valence-corrected chi connectivity index (χ1v) is 12.4. The van der Waals surface area contributed by atoms with Crippen LogP contribution in [0.4, 0.5) is 26.3 Å². The van der Waals surface area contributed by atoms with Crippen molar-refractivity contribution in [3.8, 4) is 11.6 Å². The lowest BCUT2D eigenvalue weighted by Gasteiger charge is -2.33. The number of Topliss-reactive ketones (excluding diaryl/α,β-unsaturated/α-hetero) is 1. The molecule has 196 valence electrons. The Bertz CT molecular complexity index is 1380. The molecular formula is C24H18F6N2O4S. The van der Waals surface area contributed by atoms with E-state index in [0.717, 1.165) is 36.5 Å². The normalized spacial score (nSPS) is 18.2. The van der Waals surface area contributed by atoms with Crippen LogP contribution in [0.25, 0.3) is 0 Å². The predicted molar refractivity (Wildman–Crippen MR) is 117 cm³/mol. The van der Waals surface area contributed by atoms with E-state index in [1.54, 1.807) is 0 Å². The molecule has 1 aliphatic rings. The van der Waals surface area contributed by atoms with Gasteiger partial charge in [-0.1, -0.05) is 12.1 Å². The smallest absolute Gasteiger partial charge is 0.433 e. The SMILES string of the molecule is O=C(Cc1ccc(Oc2ccc(C(F)(F)F)nc2)nc1)C1CC(S(=O)(=O)c2cccc(C(F)(F)F)c2)C1. The van der Waals surface area contributed by atoms with Crippen molar-refractivity contribution in [2.45, 2.75) is 41.8 Å². The minimum absolute atomic E-state index is 0.00690. The summed E-state index contributed by atoms with van der Waals surface area (Å²) in [6, 6.07) is 8.34. The Balaban J connectivity index is 1.32. The van der Waals surface area contributed by atoms with Crippen LogP contribution in [0, 0.1) is 5.92 Å². The number of benzene rings is 1. The molecule has 0 N–H and O–H groups in total. The predicted octanol–water partition coefficient (Wildman–Crippen LogP) is 5.67. The molecule has 1 aliphatic carbocycles. The molecule has 0 aliphatic heterocycles. The topological polar surface area (TPSA) is 86.2 Å². The summed E-state index contributed by atoms with van der Waals surface area (Å²) >= 11 is 0. The van der Waals surface area contributed by atoms with Crippen molar-refractivity contribution in [2.24, 2.45) is 5.92 Å². The average molecular weight is 544 g/mol. The molecule has 1 saturated carbocycles. The van der Waals surface area contributed by atoms with Crippen molar-refractivity contribution in [3.05, 3.63) is 77.7 Å². The van der Waals surface area contributed by atoms with Crippen molar-refractivity contribution < 1.29 is 44.3 Å². The van der Waals surface area contributed by atoms with E-state index in [9.17, 15) is 39.6 Å². The van der Waals surface area contributed by atoms with Crippen LogP contribution in [-0.2, 0) is 33.4 Å². The molecule has 37 heavy (non-hydrogen) atoms. The highest BCUT2D eigenvalue weighted by atomic mass is 32.2. The summed E-state index contributed by atoms with van der Waals surface area (Å²) in [5.74, 6) is -0.696. The van der Waals surface area contributed by atoms with E-state index >= 15 is 0 Å². The van der Waals surface area contributed by atoms with E-state index in [1.807, 2.05) is 0 Å². The molecule has 0 saturated heterocycles. The molecule has 0 atom stereocenters. The summed E-state index contributed by atoms with van der Waals surface area (Å²) < 4.78 is 107. The number of rotatable bonds is 7. The van der Waals surface area contributed by atoms with Crippen LogP contribution < -0.4 is 4.74 Å². The van der Waals surface area contributed by atoms with E-state index in [1.165, 1.54) is 18.3 Å². The highest BCUT2D eigenvalue weighted by molar-refractivity contribution is 7.92. The minimum Gasteiger partial charge on any atom is -0.437 e. The van der Waals surface area contributed by atoms with Gasteiger partial charge in [0, 0.05) is 24.6 Å². The third-order valence-electron chi connectivity index (χ3n) is 5.90. The van der Waals surface area contributed by atoms with E-state index in [0.29, 0.717) is 11.6 Å². The van der Waals surface area contributed by atoms with E-state index in [2.05, 4.69) is 9.97 Å². The van der Waals surface area contributed by atoms with Gasteiger partial charge in [-0.05, 0) is 48.7 Å². The second-order valence-corrected chi connectivity index (χ2v) is 10.7. The van der Waals surface area contributed by atoms with Gasteiger partial charge in [-0.2, -0.15) is 26.3 Å². The van der Waals surface area contributed by atoms with Crippen LogP contribution in [0.2, 0.25) is 0 Å². The van der Waals surface area contributed by atoms with Crippen LogP contribution in [0.5, 0.6) is 11.6 Å². The quantitative estimate of drug-likeness (QED) is 0.357. The number of carbonyl (C=O) groups excluding carboxylic acids is 1. The van der Waals surface area contributed by atoms with Crippen molar-refractivity contribution in [2.75, 3.05) is 0 Å². The molecule has 0 amide bonds. The molecule has 3 aromatic rings. The molecule has 1 aromatic carbocycles. The van der Waals surface area contributed by atoms with Gasteiger partial charge in [-0.15, -0.1) is 0 Å². The fourth-order valence-corrected chi connectivity index (χ4v) is 5.69.